The second-order valence-electron chi connectivity index (χ2n) is 5.47. The fraction of sp³-hybridized carbons (Fsp3) is 0.467. The van der Waals surface area contributed by atoms with Gasteiger partial charge in [-0.1, -0.05) is 0 Å². The second kappa shape index (κ2) is 6.35. The van der Waals surface area contributed by atoms with Crippen LogP contribution in [0.3, 0.4) is 0 Å². The van der Waals surface area contributed by atoms with Gasteiger partial charge in [0, 0.05) is 28.7 Å². The van der Waals surface area contributed by atoms with Crippen molar-refractivity contribution in [1.29, 1.82) is 0 Å². The van der Waals surface area contributed by atoms with Crippen molar-refractivity contribution >= 4 is 17.2 Å². The Balaban J connectivity index is 1.70. The van der Waals surface area contributed by atoms with Gasteiger partial charge in [0.1, 0.15) is 0 Å². The third-order valence-corrected chi connectivity index (χ3v) is 4.60. The molecular formula is C15H16F3N3OS. The SMILES string of the molecule is O=C(NCCn1nc(C(F)(F)F)c2c1CCCC2)c1ccsc1. The molecule has 0 atom stereocenters. The molecule has 23 heavy (non-hydrogen) atoms. The number of aromatic nitrogens is 2. The summed E-state index contributed by atoms with van der Waals surface area (Å²) >= 11 is 1.42. The Morgan fingerprint density at radius 1 is 1.35 bits per heavy atom. The zero-order chi connectivity index (χ0) is 16.4. The summed E-state index contributed by atoms with van der Waals surface area (Å²) in [5.74, 6) is -0.219. The van der Waals surface area contributed by atoms with E-state index in [4.69, 9.17) is 0 Å². The molecule has 8 heteroatoms. The number of fused-ring (bicyclic) bond motifs is 1. The van der Waals surface area contributed by atoms with Crippen LogP contribution in [0.15, 0.2) is 16.8 Å². The van der Waals surface area contributed by atoms with Gasteiger partial charge in [0.15, 0.2) is 5.69 Å². The Kier molecular flexibility index (Phi) is 4.43. The summed E-state index contributed by atoms with van der Waals surface area (Å²) in [6, 6.07) is 1.71. The lowest BCUT2D eigenvalue weighted by Crippen LogP contribution is -2.27. The minimum absolute atomic E-state index is 0.219. The molecule has 0 saturated carbocycles. The number of nitrogens with zero attached hydrogens (tertiary/aromatic N) is 2. The van der Waals surface area contributed by atoms with Crippen LogP contribution in [0.25, 0.3) is 0 Å². The van der Waals surface area contributed by atoms with Gasteiger partial charge >= 0.3 is 6.18 Å². The van der Waals surface area contributed by atoms with E-state index in [1.165, 1.54) is 16.0 Å². The predicted molar refractivity (Wildman–Crippen MR) is 80.5 cm³/mol. The number of carbonyl (C=O) groups excluding carboxylic acids is 1. The summed E-state index contributed by atoms with van der Waals surface area (Å²) in [6.07, 6.45) is -1.76. The molecule has 1 N–H and O–H groups in total. The standard InChI is InChI=1S/C15H16F3N3OS/c16-15(17,18)13-11-3-1-2-4-12(11)21(20-13)7-6-19-14(22)10-5-8-23-9-10/h5,8-9H,1-4,6-7H2,(H,19,22). The quantitative estimate of drug-likeness (QED) is 0.926. The largest absolute Gasteiger partial charge is 0.435 e. The summed E-state index contributed by atoms with van der Waals surface area (Å²) in [6.45, 7) is 0.494. The molecule has 3 rings (SSSR count). The maximum atomic E-state index is 13.1. The van der Waals surface area contributed by atoms with Gasteiger partial charge < -0.3 is 5.32 Å². The maximum Gasteiger partial charge on any atom is 0.435 e. The molecule has 2 heterocycles. The summed E-state index contributed by atoms with van der Waals surface area (Å²) in [7, 11) is 0. The van der Waals surface area contributed by atoms with Crippen molar-refractivity contribution < 1.29 is 18.0 Å². The highest BCUT2D eigenvalue weighted by atomic mass is 32.1. The second-order valence-corrected chi connectivity index (χ2v) is 6.25. The Morgan fingerprint density at radius 3 is 2.83 bits per heavy atom. The van der Waals surface area contributed by atoms with Crippen molar-refractivity contribution in [2.24, 2.45) is 0 Å². The van der Waals surface area contributed by atoms with E-state index in [-0.39, 0.29) is 19.0 Å². The molecule has 1 aliphatic rings. The van der Waals surface area contributed by atoms with Crippen LogP contribution in [0.4, 0.5) is 13.2 Å². The van der Waals surface area contributed by atoms with Gasteiger partial charge in [-0.2, -0.15) is 29.6 Å². The molecule has 124 valence electrons. The number of hydrogen-bond acceptors (Lipinski definition) is 3. The number of nitrogens with one attached hydrogen (secondary N) is 1. The Labute approximate surface area is 135 Å². The smallest absolute Gasteiger partial charge is 0.350 e. The molecule has 0 aromatic carbocycles. The molecule has 2 aromatic rings. The van der Waals surface area contributed by atoms with E-state index in [0.717, 1.165) is 12.8 Å². The van der Waals surface area contributed by atoms with Crippen LogP contribution in [-0.2, 0) is 25.6 Å². The maximum absolute atomic E-state index is 13.1. The first kappa shape index (κ1) is 16.0. The molecular weight excluding hydrogens is 327 g/mol. The number of hydrogen-bond donors (Lipinski definition) is 1. The first-order valence-corrected chi connectivity index (χ1v) is 8.37. The van der Waals surface area contributed by atoms with Crippen molar-refractivity contribution in [2.45, 2.75) is 38.4 Å². The van der Waals surface area contributed by atoms with Crippen molar-refractivity contribution in [3.63, 3.8) is 0 Å². The van der Waals surface area contributed by atoms with E-state index >= 15 is 0 Å². The molecule has 1 aliphatic carbocycles. The molecule has 2 aromatic heterocycles. The van der Waals surface area contributed by atoms with Crippen LogP contribution in [0, 0.1) is 0 Å². The summed E-state index contributed by atoms with van der Waals surface area (Å²) in [4.78, 5) is 11.8. The third kappa shape index (κ3) is 3.41. The van der Waals surface area contributed by atoms with E-state index in [1.54, 1.807) is 16.8 Å². The minimum Gasteiger partial charge on any atom is -0.350 e. The molecule has 0 unspecified atom stereocenters. The zero-order valence-corrected chi connectivity index (χ0v) is 13.1. The van der Waals surface area contributed by atoms with Crippen LogP contribution >= 0.6 is 11.3 Å². The van der Waals surface area contributed by atoms with Crippen molar-refractivity contribution in [2.75, 3.05) is 6.54 Å². The van der Waals surface area contributed by atoms with E-state index in [9.17, 15) is 18.0 Å². The molecule has 4 nitrogen and oxygen atoms in total. The normalized spacial score (nSPS) is 14.6. The van der Waals surface area contributed by atoms with Crippen LogP contribution < -0.4 is 5.32 Å². The fourth-order valence-corrected chi connectivity index (χ4v) is 3.49. The molecule has 0 bridgehead atoms. The van der Waals surface area contributed by atoms with Gasteiger partial charge in [0.05, 0.1) is 6.54 Å². The van der Waals surface area contributed by atoms with E-state index in [0.29, 0.717) is 29.7 Å². The van der Waals surface area contributed by atoms with E-state index in [2.05, 4.69) is 10.4 Å². The fourth-order valence-electron chi connectivity index (χ4n) is 2.85. The van der Waals surface area contributed by atoms with Crippen LogP contribution in [0.1, 0.15) is 40.2 Å². The Bertz CT molecular complexity index is 692. The topological polar surface area (TPSA) is 46.9 Å². The first-order chi connectivity index (χ1) is 11.0. The molecule has 0 saturated heterocycles. The van der Waals surface area contributed by atoms with Crippen molar-refractivity contribution in [1.82, 2.24) is 15.1 Å². The van der Waals surface area contributed by atoms with Gasteiger partial charge in [0.25, 0.3) is 5.91 Å². The van der Waals surface area contributed by atoms with Gasteiger partial charge in [-0.05, 0) is 37.1 Å². The molecule has 0 fully saturated rings. The molecule has 0 spiro atoms. The average molecular weight is 343 g/mol. The van der Waals surface area contributed by atoms with E-state index in [1.807, 2.05) is 0 Å². The Hall–Kier alpha value is -1.83. The number of thiophene rings is 1. The number of halogens is 3. The Morgan fingerprint density at radius 2 is 2.13 bits per heavy atom. The molecule has 0 radical (unpaired) electrons. The number of alkyl halides is 3. The van der Waals surface area contributed by atoms with E-state index < -0.39 is 11.9 Å². The first-order valence-electron chi connectivity index (χ1n) is 7.43. The van der Waals surface area contributed by atoms with Crippen LogP contribution in [0.2, 0.25) is 0 Å². The number of rotatable bonds is 4. The third-order valence-electron chi connectivity index (χ3n) is 3.92. The highest BCUT2D eigenvalue weighted by molar-refractivity contribution is 7.08. The van der Waals surface area contributed by atoms with Gasteiger partial charge in [-0.25, -0.2) is 0 Å². The molecule has 0 aliphatic heterocycles. The van der Waals surface area contributed by atoms with Gasteiger partial charge in [-0.3, -0.25) is 9.48 Å². The minimum atomic E-state index is -4.42. The highest BCUT2D eigenvalue weighted by Crippen LogP contribution is 2.35. The summed E-state index contributed by atoms with van der Waals surface area (Å²) < 4.78 is 40.7. The van der Waals surface area contributed by atoms with Gasteiger partial charge in [-0.15, -0.1) is 0 Å². The highest BCUT2D eigenvalue weighted by Gasteiger charge is 2.39. The lowest BCUT2D eigenvalue weighted by molar-refractivity contribution is -0.142. The van der Waals surface area contributed by atoms with Gasteiger partial charge in [0.2, 0.25) is 0 Å². The lowest BCUT2D eigenvalue weighted by atomic mass is 9.95. The summed E-state index contributed by atoms with van der Waals surface area (Å²) in [5.41, 5.74) is 0.783. The predicted octanol–water partition coefficient (Wildman–Crippen LogP) is 3.27. The lowest BCUT2D eigenvalue weighted by Gasteiger charge is -2.14. The molecule has 1 amide bonds. The van der Waals surface area contributed by atoms with Crippen LogP contribution in [0.5, 0.6) is 0 Å². The number of carbonyl (C=O) groups is 1. The summed E-state index contributed by atoms with van der Waals surface area (Å²) in [5, 5.41) is 10.0. The zero-order valence-electron chi connectivity index (χ0n) is 12.3. The van der Waals surface area contributed by atoms with Crippen molar-refractivity contribution in [3.8, 4) is 0 Å². The average Bonchev–Trinajstić information content (AvgIpc) is 3.14. The van der Waals surface area contributed by atoms with Crippen LogP contribution in [-0.4, -0.2) is 22.2 Å². The van der Waals surface area contributed by atoms with Crippen molar-refractivity contribution in [3.05, 3.63) is 39.3 Å². The monoisotopic (exact) mass is 343 g/mol. The number of amides is 1.